The minimum absolute atomic E-state index is 0.129. The molecule has 0 fully saturated rings. The van der Waals surface area contributed by atoms with Crippen molar-refractivity contribution in [3.63, 3.8) is 0 Å². The zero-order valence-corrected chi connectivity index (χ0v) is 8.15. The number of hydrogen-bond acceptors (Lipinski definition) is 3. The topological polar surface area (TPSA) is 61.1 Å². The first-order valence-electron chi connectivity index (χ1n) is 3.30. The van der Waals surface area contributed by atoms with Crippen molar-refractivity contribution in [3.8, 4) is 0 Å². The van der Waals surface area contributed by atoms with E-state index < -0.39 is 11.7 Å². The van der Waals surface area contributed by atoms with Gasteiger partial charge in [-0.1, -0.05) is 5.22 Å². The summed E-state index contributed by atoms with van der Waals surface area (Å²) in [6.45, 7) is 0. The number of alkyl halides is 3. The first kappa shape index (κ1) is 10.9. The highest BCUT2D eigenvalue weighted by Crippen LogP contribution is 2.35. The molecule has 0 aromatic carbocycles. The van der Waals surface area contributed by atoms with E-state index in [1.54, 1.807) is 0 Å². The molecule has 0 saturated heterocycles. The molecule has 8 heteroatoms. The fourth-order valence-corrected chi connectivity index (χ4v) is 1.22. The molecule has 1 aromatic heterocycles. The van der Waals surface area contributed by atoms with Gasteiger partial charge in [0.25, 0.3) is 0 Å². The van der Waals surface area contributed by atoms with Crippen molar-refractivity contribution in [3.05, 3.63) is 22.3 Å². The van der Waals surface area contributed by atoms with E-state index in [2.05, 4.69) is 26.1 Å². The Labute approximate surface area is 85.1 Å². The van der Waals surface area contributed by atoms with E-state index in [4.69, 9.17) is 5.53 Å². The summed E-state index contributed by atoms with van der Waals surface area (Å²) in [7, 11) is 0. The van der Waals surface area contributed by atoms with Crippen LogP contribution < -0.4 is 5.43 Å². The van der Waals surface area contributed by atoms with Crippen LogP contribution in [0.2, 0.25) is 0 Å². The van der Waals surface area contributed by atoms with Crippen LogP contribution in [-0.4, -0.2) is 4.98 Å². The lowest BCUT2D eigenvalue weighted by molar-refractivity contribution is -0.138. The third-order valence-corrected chi connectivity index (χ3v) is 1.96. The van der Waals surface area contributed by atoms with Crippen LogP contribution in [0.25, 0.3) is 0 Å². The lowest BCUT2D eigenvalue weighted by atomic mass is 10.2. The van der Waals surface area contributed by atoms with Gasteiger partial charge in [-0.05, 0) is 22.0 Å². The summed E-state index contributed by atoms with van der Waals surface area (Å²) in [6, 6.07) is 0.766. The summed E-state index contributed by atoms with van der Waals surface area (Å²) in [5.74, 6) is -0.129. The third-order valence-electron chi connectivity index (χ3n) is 1.33. The Balaban J connectivity index is 3.15. The molecular formula is C6H4BrF3N4. The molecule has 0 bridgehead atoms. The Bertz CT molecular complexity index is 351. The van der Waals surface area contributed by atoms with E-state index in [0.717, 1.165) is 12.3 Å². The molecule has 0 aliphatic carbocycles. The van der Waals surface area contributed by atoms with E-state index in [0.29, 0.717) is 0 Å². The van der Waals surface area contributed by atoms with Crippen LogP contribution in [0, 0.1) is 5.53 Å². The molecule has 76 valence electrons. The monoisotopic (exact) mass is 268 g/mol. The zero-order valence-electron chi connectivity index (χ0n) is 6.56. The fourth-order valence-electron chi connectivity index (χ4n) is 0.774. The Morgan fingerprint density at radius 2 is 2.14 bits per heavy atom. The Morgan fingerprint density at radius 3 is 2.64 bits per heavy atom. The zero-order chi connectivity index (χ0) is 10.8. The summed E-state index contributed by atoms with van der Waals surface area (Å²) < 4.78 is 36.8. The molecule has 0 aliphatic rings. The molecular weight excluding hydrogens is 265 g/mol. The van der Waals surface area contributed by atoms with E-state index in [-0.39, 0.29) is 10.3 Å². The molecule has 0 unspecified atom stereocenters. The van der Waals surface area contributed by atoms with Crippen molar-refractivity contribution in [2.45, 2.75) is 6.18 Å². The van der Waals surface area contributed by atoms with E-state index in [1.165, 1.54) is 0 Å². The van der Waals surface area contributed by atoms with Gasteiger partial charge in [0.05, 0.1) is 5.56 Å². The van der Waals surface area contributed by atoms with Crippen LogP contribution in [-0.2, 0) is 6.18 Å². The largest absolute Gasteiger partial charge is 0.417 e. The predicted molar refractivity (Wildman–Crippen MR) is 45.7 cm³/mol. The Hall–Kier alpha value is -1.18. The van der Waals surface area contributed by atoms with E-state index >= 15 is 0 Å². The third kappa shape index (κ3) is 2.41. The van der Waals surface area contributed by atoms with E-state index in [1.807, 2.05) is 5.43 Å². The number of pyridine rings is 1. The van der Waals surface area contributed by atoms with Crippen molar-refractivity contribution in [2.75, 3.05) is 5.43 Å². The number of rotatable bonds is 2. The van der Waals surface area contributed by atoms with E-state index in [9.17, 15) is 13.2 Å². The molecule has 1 aromatic rings. The van der Waals surface area contributed by atoms with Crippen LogP contribution in [0.4, 0.5) is 19.0 Å². The smallest absolute Gasteiger partial charge is 0.243 e. The molecule has 1 rings (SSSR count). The molecule has 2 N–H and O–H groups in total. The standard InChI is InChI=1S/C6H4BrF3N4/c7-4-2-12-5(13-14-11)1-3(4)6(8,9)10/h1-2H,(H2,11,12,13). The number of aromatic nitrogens is 1. The van der Waals surface area contributed by atoms with Gasteiger partial charge in [0.2, 0.25) is 0 Å². The van der Waals surface area contributed by atoms with Crippen LogP contribution in [0.3, 0.4) is 0 Å². The van der Waals surface area contributed by atoms with Crippen molar-refractivity contribution in [1.82, 2.24) is 4.98 Å². The average Bonchev–Trinajstić information content (AvgIpc) is 2.07. The lowest BCUT2D eigenvalue weighted by Crippen LogP contribution is -2.07. The highest BCUT2D eigenvalue weighted by molar-refractivity contribution is 9.10. The summed E-state index contributed by atoms with van der Waals surface area (Å²) >= 11 is 2.73. The van der Waals surface area contributed by atoms with Crippen molar-refractivity contribution in [1.29, 1.82) is 5.53 Å². The molecule has 1 heterocycles. The number of nitrogens with one attached hydrogen (secondary N) is 2. The Kier molecular flexibility index (Phi) is 3.04. The van der Waals surface area contributed by atoms with Gasteiger partial charge in [-0.3, -0.25) is 0 Å². The summed E-state index contributed by atoms with van der Waals surface area (Å²) in [5, 5.41) is 2.71. The summed E-state index contributed by atoms with van der Waals surface area (Å²) in [5.41, 5.74) is 7.55. The minimum atomic E-state index is -4.46. The van der Waals surface area contributed by atoms with Crippen LogP contribution in [0.1, 0.15) is 5.56 Å². The maximum absolute atomic E-state index is 12.3. The quantitative estimate of drug-likeness (QED) is 0.639. The second-order valence-electron chi connectivity index (χ2n) is 2.27. The maximum atomic E-state index is 12.3. The number of halogens is 4. The highest BCUT2D eigenvalue weighted by Gasteiger charge is 2.33. The SMILES string of the molecule is N=NNc1cc(C(F)(F)F)c(Br)cn1. The van der Waals surface area contributed by atoms with Gasteiger partial charge in [-0.25, -0.2) is 10.4 Å². The molecule has 0 radical (unpaired) electrons. The summed E-state index contributed by atoms with van der Waals surface area (Å²) in [4.78, 5) is 3.57. The first-order chi connectivity index (χ1) is 6.45. The van der Waals surface area contributed by atoms with Gasteiger partial charge < -0.3 is 0 Å². The Morgan fingerprint density at radius 1 is 1.50 bits per heavy atom. The van der Waals surface area contributed by atoms with Gasteiger partial charge >= 0.3 is 6.18 Å². The van der Waals surface area contributed by atoms with Crippen molar-refractivity contribution >= 4 is 21.7 Å². The fraction of sp³-hybridized carbons (Fsp3) is 0.167. The molecule has 0 spiro atoms. The molecule has 0 saturated carbocycles. The lowest BCUT2D eigenvalue weighted by Gasteiger charge is -2.09. The number of anilines is 1. The van der Waals surface area contributed by atoms with Crippen LogP contribution >= 0.6 is 15.9 Å². The molecule has 0 aliphatic heterocycles. The van der Waals surface area contributed by atoms with Gasteiger partial charge in [0, 0.05) is 10.7 Å². The van der Waals surface area contributed by atoms with Crippen molar-refractivity contribution < 1.29 is 13.2 Å². The summed E-state index contributed by atoms with van der Waals surface area (Å²) in [6.07, 6.45) is -3.46. The minimum Gasteiger partial charge on any atom is -0.243 e. The van der Waals surface area contributed by atoms with Crippen molar-refractivity contribution in [2.24, 2.45) is 5.22 Å². The molecule has 0 atom stereocenters. The highest BCUT2D eigenvalue weighted by atomic mass is 79.9. The van der Waals surface area contributed by atoms with Crippen LogP contribution in [0.15, 0.2) is 22.0 Å². The number of nitrogens with zero attached hydrogens (tertiary/aromatic N) is 2. The number of hydrogen-bond donors (Lipinski definition) is 2. The second kappa shape index (κ2) is 3.91. The normalized spacial score (nSPS) is 11.1. The molecule has 0 amide bonds. The van der Waals surface area contributed by atoms with Crippen LogP contribution in [0.5, 0.6) is 0 Å². The predicted octanol–water partition coefficient (Wildman–Crippen LogP) is 3.22. The van der Waals surface area contributed by atoms with Gasteiger partial charge in [-0.2, -0.15) is 18.7 Å². The molecule has 14 heavy (non-hydrogen) atoms. The molecule has 4 nitrogen and oxygen atoms in total. The average molecular weight is 269 g/mol. The van der Waals surface area contributed by atoms with Gasteiger partial charge in [0.15, 0.2) is 0 Å². The van der Waals surface area contributed by atoms with Gasteiger partial charge in [-0.15, -0.1) is 0 Å². The maximum Gasteiger partial charge on any atom is 0.417 e. The first-order valence-corrected chi connectivity index (χ1v) is 4.09. The second-order valence-corrected chi connectivity index (χ2v) is 3.13. The van der Waals surface area contributed by atoms with Gasteiger partial charge in [0.1, 0.15) is 5.82 Å².